The number of hydrogen-bond acceptors (Lipinski definition) is 4. The Morgan fingerprint density at radius 3 is 2.38 bits per heavy atom. The predicted octanol–water partition coefficient (Wildman–Crippen LogP) is 6.18. The van der Waals surface area contributed by atoms with Crippen LogP contribution in [0.25, 0.3) is 0 Å². The lowest BCUT2D eigenvalue weighted by Gasteiger charge is -2.32. The maximum atomic E-state index is 12.6. The molecule has 29 heavy (non-hydrogen) atoms. The maximum Gasteiger partial charge on any atom is 0.412 e. The number of carbonyl (C=O) groups excluding carboxylic acids is 1. The van der Waals surface area contributed by atoms with Crippen molar-refractivity contribution in [3.05, 3.63) is 68.6 Å². The number of carboxylic acid groups (broad SMARTS) is 1. The van der Waals surface area contributed by atoms with Crippen LogP contribution >= 0.6 is 31.9 Å². The highest BCUT2D eigenvalue weighted by atomic mass is 79.9. The molecule has 1 atom stereocenters. The van der Waals surface area contributed by atoms with Gasteiger partial charge < -0.3 is 14.9 Å². The number of phenols is 1. The van der Waals surface area contributed by atoms with E-state index in [-0.39, 0.29) is 5.75 Å². The highest BCUT2D eigenvalue weighted by Crippen LogP contribution is 2.45. The molecule has 6 nitrogen and oxygen atoms in total. The fourth-order valence-electron chi connectivity index (χ4n) is 2.67. The standard InChI is InChI=1S/C21H21Br2NO5/c1-12-4-6-14(7-5-12)24-20(28)29-19(21(2,3)9-8-17(25)26)15-10-13(22)11-16(23)18(15)27/h4-11,19,27H,1-3H3,(H,24,28)(H,25,26)/b9-8+/t19-/m1/s1. The third-order valence-electron chi connectivity index (χ3n) is 4.19. The first kappa shape index (κ1) is 23.0. The Labute approximate surface area is 185 Å². The van der Waals surface area contributed by atoms with Gasteiger partial charge in [0.1, 0.15) is 11.9 Å². The molecule has 0 fully saturated rings. The summed E-state index contributed by atoms with van der Waals surface area (Å²) in [4.78, 5) is 23.6. The van der Waals surface area contributed by atoms with Crippen molar-refractivity contribution in [2.24, 2.45) is 5.41 Å². The molecule has 0 spiro atoms. The van der Waals surface area contributed by atoms with E-state index in [1.807, 2.05) is 19.1 Å². The Bertz CT molecular complexity index is 939. The summed E-state index contributed by atoms with van der Waals surface area (Å²) in [7, 11) is 0. The van der Waals surface area contributed by atoms with Crippen LogP contribution in [-0.4, -0.2) is 22.3 Å². The zero-order valence-corrected chi connectivity index (χ0v) is 19.2. The number of phenolic OH excluding ortho intramolecular Hbond substituents is 1. The number of amides is 1. The summed E-state index contributed by atoms with van der Waals surface area (Å²) in [5, 5.41) is 22.2. The number of carbonyl (C=O) groups is 2. The zero-order valence-electron chi connectivity index (χ0n) is 16.1. The molecule has 2 rings (SSSR count). The van der Waals surface area contributed by atoms with Crippen LogP contribution in [0.4, 0.5) is 10.5 Å². The Hall–Kier alpha value is -2.32. The highest BCUT2D eigenvalue weighted by Gasteiger charge is 2.35. The number of benzene rings is 2. The van der Waals surface area contributed by atoms with Crippen molar-refractivity contribution >= 4 is 49.6 Å². The number of anilines is 1. The lowest BCUT2D eigenvalue weighted by Crippen LogP contribution is -2.28. The molecule has 154 valence electrons. The third kappa shape index (κ3) is 6.33. The second kappa shape index (κ2) is 9.45. The minimum absolute atomic E-state index is 0.0989. The van der Waals surface area contributed by atoms with Crippen molar-refractivity contribution in [1.29, 1.82) is 0 Å². The van der Waals surface area contributed by atoms with Crippen LogP contribution < -0.4 is 5.32 Å². The largest absolute Gasteiger partial charge is 0.506 e. The van der Waals surface area contributed by atoms with Gasteiger partial charge in [-0.1, -0.05) is 53.5 Å². The number of aromatic hydroxyl groups is 1. The van der Waals surface area contributed by atoms with Crippen LogP contribution in [0.1, 0.15) is 31.1 Å². The minimum Gasteiger partial charge on any atom is -0.506 e. The molecule has 0 aliphatic heterocycles. The van der Waals surface area contributed by atoms with Gasteiger partial charge in [0.05, 0.1) is 4.47 Å². The average molecular weight is 527 g/mol. The van der Waals surface area contributed by atoms with Gasteiger partial charge in [0.2, 0.25) is 0 Å². The predicted molar refractivity (Wildman–Crippen MR) is 118 cm³/mol. The first-order valence-corrected chi connectivity index (χ1v) is 10.2. The Kier molecular flexibility index (Phi) is 7.48. The summed E-state index contributed by atoms with van der Waals surface area (Å²) in [6, 6.07) is 10.5. The molecule has 0 saturated heterocycles. The van der Waals surface area contributed by atoms with Crippen LogP contribution in [0.2, 0.25) is 0 Å². The van der Waals surface area contributed by atoms with Gasteiger partial charge >= 0.3 is 12.1 Å². The van der Waals surface area contributed by atoms with Crippen molar-refractivity contribution in [2.45, 2.75) is 26.9 Å². The van der Waals surface area contributed by atoms with Crippen LogP contribution in [0, 0.1) is 12.3 Å². The van der Waals surface area contributed by atoms with Crippen molar-refractivity contribution in [3.8, 4) is 5.75 Å². The molecule has 0 aromatic heterocycles. The Balaban J connectivity index is 2.40. The number of nitrogens with one attached hydrogen (secondary N) is 1. The lowest BCUT2D eigenvalue weighted by atomic mass is 9.81. The summed E-state index contributed by atoms with van der Waals surface area (Å²) in [6.45, 7) is 5.36. The van der Waals surface area contributed by atoms with E-state index in [1.54, 1.807) is 38.1 Å². The van der Waals surface area contributed by atoms with E-state index >= 15 is 0 Å². The van der Waals surface area contributed by atoms with Gasteiger partial charge in [-0.25, -0.2) is 9.59 Å². The molecular formula is C21H21Br2NO5. The van der Waals surface area contributed by atoms with E-state index in [0.29, 0.717) is 20.2 Å². The van der Waals surface area contributed by atoms with Gasteiger partial charge in [-0.05, 0) is 47.1 Å². The highest BCUT2D eigenvalue weighted by molar-refractivity contribution is 9.11. The normalized spacial score (nSPS) is 12.6. The number of aryl methyl sites for hydroxylation is 1. The van der Waals surface area contributed by atoms with E-state index in [9.17, 15) is 14.7 Å². The van der Waals surface area contributed by atoms with Gasteiger partial charge in [0.15, 0.2) is 0 Å². The van der Waals surface area contributed by atoms with Crippen LogP contribution in [0.15, 0.2) is 57.5 Å². The molecule has 0 saturated carbocycles. The number of rotatable bonds is 6. The number of aliphatic carboxylic acids is 1. The molecular weight excluding hydrogens is 506 g/mol. The number of ether oxygens (including phenoxy) is 1. The maximum absolute atomic E-state index is 12.6. The smallest absolute Gasteiger partial charge is 0.412 e. The molecule has 0 unspecified atom stereocenters. The molecule has 0 aliphatic rings. The first-order chi connectivity index (χ1) is 13.5. The number of hydrogen-bond donors (Lipinski definition) is 3. The molecule has 0 aliphatic carbocycles. The van der Waals surface area contributed by atoms with Crippen LogP contribution in [0.3, 0.4) is 0 Å². The second-order valence-electron chi connectivity index (χ2n) is 7.09. The fraction of sp³-hybridized carbons (Fsp3) is 0.238. The van der Waals surface area contributed by atoms with Gasteiger partial charge in [0, 0.05) is 27.2 Å². The molecule has 2 aromatic carbocycles. The summed E-state index contributed by atoms with van der Waals surface area (Å²) in [5.74, 6) is -1.22. The number of carboxylic acids is 1. The summed E-state index contributed by atoms with van der Waals surface area (Å²) in [6.07, 6.45) is 0.703. The summed E-state index contributed by atoms with van der Waals surface area (Å²) < 4.78 is 6.73. The Morgan fingerprint density at radius 2 is 1.79 bits per heavy atom. The van der Waals surface area contributed by atoms with Crippen LogP contribution in [0.5, 0.6) is 5.75 Å². The fourth-order valence-corrected chi connectivity index (χ4v) is 3.92. The zero-order chi connectivity index (χ0) is 21.8. The summed E-state index contributed by atoms with van der Waals surface area (Å²) >= 11 is 6.63. The SMILES string of the molecule is Cc1ccc(NC(=O)O[C@H](c2cc(Br)cc(Br)c2O)C(C)(C)/C=C/C(=O)O)cc1. The quantitative estimate of drug-likeness (QED) is 0.390. The van der Waals surface area contributed by atoms with E-state index < -0.39 is 23.6 Å². The van der Waals surface area contributed by atoms with E-state index in [2.05, 4.69) is 37.2 Å². The summed E-state index contributed by atoms with van der Waals surface area (Å²) in [5.41, 5.74) is 0.981. The van der Waals surface area contributed by atoms with Crippen LogP contribution in [-0.2, 0) is 9.53 Å². The van der Waals surface area contributed by atoms with Gasteiger partial charge in [-0.3, -0.25) is 5.32 Å². The molecule has 2 aromatic rings. The lowest BCUT2D eigenvalue weighted by molar-refractivity contribution is -0.131. The Morgan fingerprint density at radius 1 is 1.17 bits per heavy atom. The van der Waals surface area contributed by atoms with Crippen molar-refractivity contribution in [3.63, 3.8) is 0 Å². The van der Waals surface area contributed by atoms with Crippen molar-refractivity contribution in [2.75, 3.05) is 5.32 Å². The van der Waals surface area contributed by atoms with E-state index in [0.717, 1.165) is 11.6 Å². The molecule has 3 N–H and O–H groups in total. The molecule has 8 heteroatoms. The van der Waals surface area contributed by atoms with E-state index in [4.69, 9.17) is 9.84 Å². The van der Waals surface area contributed by atoms with Gasteiger partial charge in [0.25, 0.3) is 0 Å². The van der Waals surface area contributed by atoms with Crippen molar-refractivity contribution in [1.82, 2.24) is 0 Å². The van der Waals surface area contributed by atoms with Gasteiger partial charge in [-0.15, -0.1) is 0 Å². The van der Waals surface area contributed by atoms with Gasteiger partial charge in [-0.2, -0.15) is 0 Å². The molecule has 0 bridgehead atoms. The molecule has 0 heterocycles. The number of halogens is 2. The van der Waals surface area contributed by atoms with Crippen molar-refractivity contribution < 1.29 is 24.5 Å². The monoisotopic (exact) mass is 525 g/mol. The molecule has 1 amide bonds. The molecule has 0 radical (unpaired) electrons. The van der Waals surface area contributed by atoms with E-state index in [1.165, 1.54) is 6.08 Å². The third-order valence-corrected chi connectivity index (χ3v) is 5.26. The first-order valence-electron chi connectivity index (χ1n) is 8.64. The average Bonchev–Trinajstić information content (AvgIpc) is 2.63. The topological polar surface area (TPSA) is 95.9 Å². The second-order valence-corrected chi connectivity index (χ2v) is 8.86. The minimum atomic E-state index is -1.12.